The summed E-state index contributed by atoms with van der Waals surface area (Å²) in [6, 6.07) is 8.67. The molecule has 1 saturated carbocycles. The third-order valence-corrected chi connectivity index (χ3v) is 5.56. The fourth-order valence-corrected chi connectivity index (χ4v) is 4.11. The maximum atomic E-state index is 12.0. The van der Waals surface area contributed by atoms with Gasteiger partial charge in [0.05, 0.1) is 6.10 Å². The molecule has 1 aliphatic carbocycles. The second-order valence-electron chi connectivity index (χ2n) is 7.54. The molecule has 1 aromatic heterocycles. The van der Waals surface area contributed by atoms with Crippen molar-refractivity contribution < 1.29 is 4.74 Å². The summed E-state index contributed by atoms with van der Waals surface area (Å²) in [7, 11) is 0. The van der Waals surface area contributed by atoms with Gasteiger partial charge in [0.1, 0.15) is 5.75 Å². The number of H-pyrrole nitrogens is 1. The number of rotatable bonds is 6. The number of hydrogen-bond acceptors (Lipinski definition) is 5. The minimum Gasteiger partial charge on any atom is -0.490 e. The molecule has 144 valence electrons. The van der Waals surface area contributed by atoms with Crippen molar-refractivity contribution in [1.82, 2.24) is 15.3 Å². The Kier molecular flexibility index (Phi) is 5.72. The monoisotopic (exact) mass is 368 g/mol. The van der Waals surface area contributed by atoms with E-state index in [9.17, 15) is 4.79 Å². The first-order valence-electron chi connectivity index (χ1n) is 10.1. The Hall–Kier alpha value is -2.34. The summed E-state index contributed by atoms with van der Waals surface area (Å²) in [6.45, 7) is 2.45. The lowest BCUT2D eigenvalue weighted by molar-refractivity contribution is 0.207. The number of aromatic amines is 1. The average Bonchev–Trinajstić information content (AvgIpc) is 3.21. The highest BCUT2D eigenvalue weighted by atomic mass is 16.5. The highest BCUT2D eigenvalue weighted by Gasteiger charge is 2.23. The van der Waals surface area contributed by atoms with Crippen LogP contribution in [0.2, 0.25) is 0 Å². The highest BCUT2D eigenvalue weighted by molar-refractivity contribution is 5.36. The molecule has 0 bridgehead atoms. The van der Waals surface area contributed by atoms with Crippen molar-refractivity contribution in [3.05, 3.63) is 52.6 Å². The van der Waals surface area contributed by atoms with Crippen molar-refractivity contribution in [2.75, 3.05) is 18.0 Å². The normalized spacial score (nSPS) is 20.7. The van der Waals surface area contributed by atoms with Crippen LogP contribution in [-0.2, 0) is 6.54 Å². The summed E-state index contributed by atoms with van der Waals surface area (Å²) in [5, 5.41) is 3.66. The molecule has 2 N–H and O–H groups in total. The third-order valence-electron chi connectivity index (χ3n) is 5.56. The van der Waals surface area contributed by atoms with Gasteiger partial charge >= 0.3 is 0 Å². The number of piperidine rings is 1. The quantitative estimate of drug-likeness (QED) is 0.820. The molecule has 6 heteroatoms. The molecule has 2 aromatic rings. The van der Waals surface area contributed by atoms with Gasteiger partial charge in [-0.05, 0) is 44.6 Å². The minimum atomic E-state index is -0.117. The topological polar surface area (TPSA) is 70.2 Å². The molecule has 1 unspecified atom stereocenters. The molecule has 2 heterocycles. The second kappa shape index (κ2) is 8.57. The summed E-state index contributed by atoms with van der Waals surface area (Å²) in [5.74, 6) is 1.53. The van der Waals surface area contributed by atoms with Gasteiger partial charge in [-0.3, -0.25) is 4.79 Å². The standard InChI is InChI=1S/C21H28N4O2/c26-21-20(22-11-12-23-21)25-13-5-7-17(15-25)24-14-16-6-1-4-10-19(16)27-18-8-2-3-9-18/h1,4,6,10-12,17-18,24H,2-3,5,7-9,13-15H2,(H,23,26). The molecular weight excluding hydrogens is 340 g/mol. The molecular formula is C21H28N4O2. The lowest BCUT2D eigenvalue weighted by Crippen LogP contribution is -2.47. The van der Waals surface area contributed by atoms with E-state index in [-0.39, 0.29) is 5.56 Å². The van der Waals surface area contributed by atoms with Crippen LogP contribution >= 0.6 is 0 Å². The van der Waals surface area contributed by atoms with Gasteiger partial charge in [0.15, 0.2) is 5.82 Å². The third kappa shape index (κ3) is 4.50. The summed E-state index contributed by atoms with van der Waals surface area (Å²) in [5.41, 5.74) is 1.09. The number of nitrogens with one attached hydrogen (secondary N) is 2. The number of ether oxygens (including phenoxy) is 1. The first-order chi connectivity index (χ1) is 13.3. The van der Waals surface area contributed by atoms with Crippen LogP contribution in [0, 0.1) is 0 Å². The Balaban J connectivity index is 1.37. The van der Waals surface area contributed by atoms with E-state index in [0.29, 0.717) is 18.0 Å². The van der Waals surface area contributed by atoms with E-state index >= 15 is 0 Å². The number of nitrogens with zero attached hydrogens (tertiary/aromatic N) is 2. The SMILES string of the molecule is O=c1[nH]ccnc1N1CCCC(NCc2ccccc2OC2CCCC2)C1. The Morgan fingerprint density at radius 1 is 1.19 bits per heavy atom. The van der Waals surface area contributed by atoms with Gasteiger partial charge in [0, 0.05) is 43.6 Å². The largest absolute Gasteiger partial charge is 0.490 e. The molecule has 0 amide bonds. The zero-order chi connectivity index (χ0) is 18.5. The van der Waals surface area contributed by atoms with E-state index in [1.165, 1.54) is 18.4 Å². The van der Waals surface area contributed by atoms with Gasteiger partial charge in [-0.2, -0.15) is 0 Å². The van der Waals surface area contributed by atoms with Gasteiger partial charge in [-0.25, -0.2) is 4.98 Å². The molecule has 1 aromatic carbocycles. The maximum Gasteiger partial charge on any atom is 0.290 e. The average molecular weight is 368 g/mol. The number of anilines is 1. The minimum absolute atomic E-state index is 0.117. The van der Waals surface area contributed by atoms with E-state index in [4.69, 9.17) is 4.74 Å². The Labute approximate surface area is 160 Å². The van der Waals surface area contributed by atoms with Crippen molar-refractivity contribution in [3.63, 3.8) is 0 Å². The maximum absolute atomic E-state index is 12.0. The zero-order valence-electron chi connectivity index (χ0n) is 15.7. The molecule has 27 heavy (non-hydrogen) atoms. The Bertz CT molecular complexity index is 801. The van der Waals surface area contributed by atoms with Crippen LogP contribution in [0.5, 0.6) is 5.75 Å². The van der Waals surface area contributed by atoms with Crippen molar-refractivity contribution in [2.45, 2.75) is 57.2 Å². The lowest BCUT2D eigenvalue weighted by Gasteiger charge is -2.33. The van der Waals surface area contributed by atoms with Gasteiger partial charge in [0.25, 0.3) is 5.56 Å². The van der Waals surface area contributed by atoms with Crippen LogP contribution in [-0.4, -0.2) is 35.2 Å². The molecule has 0 spiro atoms. The predicted molar refractivity (Wildman–Crippen MR) is 106 cm³/mol. The van der Waals surface area contributed by atoms with E-state index in [2.05, 4.69) is 38.4 Å². The summed E-state index contributed by atoms with van der Waals surface area (Å²) in [6.07, 6.45) is 10.6. The smallest absolute Gasteiger partial charge is 0.290 e. The van der Waals surface area contributed by atoms with Crippen LogP contribution < -0.4 is 20.5 Å². The second-order valence-corrected chi connectivity index (χ2v) is 7.54. The predicted octanol–water partition coefficient (Wildman–Crippen LogP) is 2.85. The first kappa shape index (κ1) is 18.0. The van der Waals surface area contributed by atoms with Crippen LogP contribution in [0.4, 0.5) is 5.82 Å². The fourth-order valence-electron chi connectivity index (χ4n) is 4.11. The molecule has 2 fully saturated rings. The van der Waals surface area contributed by atoms with Crippen LogP contribution in [0.1, 0.15) is 44.1 Å². The molecule has 0 radical (unpaired) electrons. The van der Waals surface area contributed by atoms with Crippen molar-refractivity contribution in [1.29, 1.82) is 0 Å². The van der Waals surface area contributed by atoms with E-state index in [0.717, 1.165) is 51.1 Å². The molecule has 6 nitrogen and oxygen atoms in total. The summed E-state index contributed by atoms with van der Waals surface area (Å²) in [4.78, 5) is 21.1. The van der Waals surface area contributed by atoms with Crippen molar-refractivity contribution in [3.8, 4) is 5.75 Å². The molecule has 1 saturated heterocycles. The summed E-state index contributed by atoms with van der Waals surface area (Å²) >= 11 is 0. The highest BCUT2D eigenvalue weighted by Crippen LogP contribution is 2.27. The van der Waals surface area contributed by atoms with Crippen molar-refractivity contribution in [2.24, 2.45) is 0 Å². The molecule has 4 rings (SSSR count). The van der Waals surface area contributed by atoms with E-state index < -0.39 is 0 Å². The lowest BCUT2D eigenvalue weighted by atomic mass is 10.0. The number of hydrogen-bond donors (Lipinski definition) is 2. The van der Waals surface area contributed by atoms with Gasteiger partial charge in [-0.1, -0.05) is 18.2 Å². The first-order valence-corrected chi connectivity index (χ1v) is 10.1. The fraction of sp³-hybridized carbons (Fsp3) is 0.524. The number of benzene rings is 1. The van der Waals surface area contributed by atoms with Crippen LogP contribution in [0.25, 0.3) is 0 Å². The molecule has 1 aliphatic heterocycles. The van der Waals surface area contributed by atoms with Gasteiger partial charge in [-0.15, -0.1) is 0 Å². The Morgan fingerprint density at radius 3 is 2.89 bits per heavy atom. The summed E-state index contributed by atoms with van der Waals surface area (Å²) < 4.78 is 6.25. The van der Waals surface area contributed by atoms with Crippen LogP contribution in [0.15, 0.2) is 41.5 Å². The van der Waals surface area contributed by atoms with Gasteiger partial charge in [0.2, 0.25) is 0 Å². The molecule has 2 aliphatic rings. The Morgan fingerprint density at radius 2 is 2.04 bits per heavy atom. The zero-order valence-corrected chi connectivity index (χ0v) is 15.7. The van der Waals surface area contributed by atoms with E-state index in [1.807, 2.05) is 6.07 Å². The van der Waals surface area contributed by atoms with Gasteiger partial charge < -0.3 is 19.9 Å². The number of aromatic nitrogens is 2. The van der Waals surface area contributed by atoms with E-state index in [1.54, 1.807) is 12.4 Å². The van der Waals surface area contributed by atoms with Crippen LogP contribution in [0.3, 0.4) is 0 Å². The molecule has 1 atom stereocenters. The van der Waals surface area contributed by atoms with Crippen molar-refractivity contribution >= 4 is 5.82 Å². The number of para-hydroxylation sites is 1.